The lowest BCUT2D eigenvalue weighted by Crippen LogP contribution is -2.33. The summed E-state index contributed by atoms with van der Waals surface area (Å²) in [4.78, 5) is 23.9. The third kappa shape index (κ3) is 6.67. The molecule has 0 aliphatic carbocycles. The Kier molecular flexibility index (Phi) is 9.66. The second-order valence-corrected chi connectivity index (χ2v) is 8.92. The van der Waals surface area contributed by atoms with E-state index >= 15 is 0 Å². The standard InChI is InChI=1S/C28H38O5/c1-7-27(5,23-15-11-21(12-16-23)25(29)32-9-3)19-31-20-28(6,8-2)24-17-13-22(14-18-24)26(30)33-10-4/h11-18H,7-10,19-20H2,1-6H3. The van der Waals surface area contributed by atoms with Gasteiger partial charge in [0.15, 0.2) is 0 Å². The Morgan fingerprint density at radius 3 is 1.24 bits per heavy atom. The minimum Gasteiger partial charge on any atom is -0.462 e. The molecule has 5 nitrogen and oxygen atoms in total. The molecule has 0 bridgehead atoms. The second-order valence-electron chi connectivity index (χ2n) is 8.92. The molecule has 0 spiro atoms. The number of carbonyl (C=O) groups excluding carboxylic acids is 2. The van der Waals surface area contributed by atoms with Crippen LogP contribution in [0.3, 0.4) is 0 Å². The Bertz CT molecular complexity index is 827. The van der Waals surface area contributed by atoms with E-state index in [0.717, 1.165) is 24.0 Å². The summed E-state index contributed by atoms with van der Waals surface area (Å²) in [7, 11) is 0. The molecular weight excluding hydrogens is 416 g/mol. The third-order valence-corrected chi connectivity index (χ3v) is 6.59. The van der Waals surface area contributed by atoms with Crippen LogP contribution in [0, 0.1) is 0 Å². The van der Waals surface area contributed by atoms with Crippen molar-refractivity contribution in [3.05, 3.63) is 70.8 Å². The van der Waals surface area contributed by atoms with Crippen LogP contribution in [-0.2, 0) is 25.0 Å². The quantitative estimate of drug-likeness (QED) is 0.363. The first-order chi connectivity index (χ1) is 15.7. The molecule has 2 unspecified atom stereocenters. The van der Waals surface area contributed by atoms with Crippen molar-refractivity contribution in [3.63, 3.8) is 0 Å². The summed E-state index contributed by atoms with van der Waals surface area (Å²) in [6.07, 6.45) is 1.81. The topological polar surface area (TPSA) is 61.8 Å². The number of rotatable bonds is 12. The predicted molar refractivity (Wildman–Crippen MR) is 131 cm³/mol. The number of esters is 2. The normalized spacial score (nSPS) is 14.7. The van der Waals surface area contributed by atoms with Gasteiger partial charge in [0, 0.05) is 10.8 Å². The molecule has 0 radical (unpaired) electrons. The molecule has 0 aromatic heterocycles. The molecule has 0 N–H and O–H groups in total. The molecule has 2 aromatic carbocycles. The van der Waals surface area contributed by atoms with Crippen molar-refractivity contribution >= 4 is 11.9 Å². The van der Waals surface area contributed by atoms with Crippen LogP contribution in [0.2, 0.25) is 0 Å². The first kappa shape index (κ1) is 26.6. The Labute approximate surface area is 198 Å². The number of carbonyl (C=O) groups is 2. The molecule has 2 atom stereocenters. The van der Waals surface area contributed by atoms with Crippen LogP contribution >= 0.6 is 0 Å². The van der Waals surface area contributed by atoms with Gasteiger partial charge in [0.1, 0.15) is 0 Å². The maximum absolute atomic E-state index is 11.9. The van der Waals surface area contributed by atoms with Crippen molar-refractivity contribution in [1.82, 2.24) is 0 Å². The lowest BCUT2D eigenvalue weighted by atomic mass is 9.79. The Morgan fingerprint density at radius 2 is 0.970 bits per heavy atom. The van der Waals surface area contributed by atoms with E-state index in [0.29, 0.717) is 37.6 Å². The van der Waals surface area contributed by atoms with Gasteiger partial charge in [-0.25, -0.2) is 9.59 Å². The lowest BCUT2D eigenvalue weighted by molar-refractivity contribution is 0.0507. The van der Waals surface area contributed by atoms with E-state index in [1.165, 1.54) is 0 Å². The van der Waals surface area contributed by atoms with E-state index in [4.69, 9.17) is 14.2 Å². The van der Waals surface area contributed by atoms with Crippen LogP contribution in [0.5, 0.6) is 0 Å². The number of benzene rings is 2. The highest BCUT2D eigenvalue weighted by molar-refractivity contribution is 5.89. The van der Waals surface area contributed by atoms with Crippen LogP contribution in [0.25, 0.3) is 0 Å². The van der Waals surface area contributed by atoms with Crippen LogP contribution in [-0.4, -0.2) is 38.4 Å². The molecule has 5 heteroatoms. The zero-order valence-electron chi connectivity index (χ0n) is 20.9. The summed E-state index contributed by atoms with van der Waals surface area (Å²) in [5.41, 5.74) is 3.05. The highest BCUT2D eigenvalue weighted by Crippen LogP contribution is 2.32. The number of ether oxygens (including phenoxy) is 3. The van der Waals surface area contributed by atoms with E-state index in [2.05, 4.69) is 27.7 Å². The molecule has 2 rings (SSSR count). The maximum atomic E-state index is 11.9. The average molecular weight is 455 g/mol. The van der Waals surface area contributed by atoms with Gasteiger partial charge < -0.3 is 14.2 Å². The fraction of sp³-hybridized carbons (Fsp3) is 0.500. The summed E-state index contributed by atoms with van der Waals surface area (Å²) in [6.45, 7) is 14.1. The fourth-order valence-corrected chi connectivity index (χ4v) is 3.73. The van der Waals surface area contributed by atoms with Crippen molar-refractivity contribution in [2.24, 2.45) is 0 Å². The molecule has 2 aromatic rings. The molecule has 0 fully saturated rings. The molecule has 33 heavy (non-hydrogen) atoms. The third-order valence-electron chi connectivity index (χ3n) is 6.59. The van der Waals surface area contributed by atoms with Gasteiger partial charge in [-0.2, -0.15) is 0 Å². The molecular formula is C28H38O5. The minimum absolute atomic E-state index is 0.171. The Balaban J connectivity index is 2.08. The molecule has 0 aliphatic rings. The van der Waals surface area contributed by atoms with Gasteiger partial charge in [-0.05, 0) is 62.1 Å². The van der Waals surface area contributed by atoms with Gasteiger partial charge >= 0.3 is 11.9 Å². The Morgan fingerprint density at radius 1 is 0.636 bits per heavy atom. The van der Waals surface area contributed by atoms with Crippen molar-refractivity contribution in [2.75, 3.05) is 26.4 Å². The van der Waals surface area contributed by atoms with Crippen LogP contribution in [0.1, 0.15) is 86.2 Å². The Hall–Kier alpha value is -2.66. The SMILES string of the molecule is CCOC(=O)c1ccc(C(C)(CC)COCC(C)(CC)c2ccc(C(=O)OCC)cc2)cc1. The molecule has 180 valence electrons. The molecule has 0 aliphatic heterocycles. The van der Waals surface area contributed by atoms with Crippen LogP contribution in [0.4, 0.5) is 0 Å². The molecule has 0 saturated heterocycles. The monoisotopic (exact) mass is 454 g/mol. The summed E-state index contributed by atoms with van der Waals surface area (Å²) in [6, 6.07) is 15.3. The predicted octanol–water partition coefficient (Wildman–Crippen LogP) is 6.09. The largest absolute Gasteiger partial charge is 0.462 e. The van der Waals surface area contributed by atoms with Gasteiger partial charge in [0.05, 0.1) is 37.6 Å². The van der Waals surface area contributed by atoms with E-state index in [9.17, 15) is 9.59 Å². The van der Waals surface area contributed by atoms with Crippen LogP contribution < -0.4 is 0 Å². The minimum atomic E-state index is -0.300. The van der Waals surface area contributed by atoms with Crippen LogP contribution in [0.15, 0.2) is 48.5 Å². The molecule has 0 amide bonds. The zero-order valence-corrected chi connectivity index (χ0v) is 20.9. The second kappa shape index (κ2) is 12.0. The van der Waals surface area contributed by atoms with Crippen molar-refractivity contribution in [2.45, 2.75) is 65.2 Å². The summed E-state index contributed by atoms with van der Waals surface area (Å²) in [5.74, 6) is -0.600. The van der Waals surface area contributed by atoms with Gasteiger partial charge in [-0.15, -0.1) is 0 Å². The molecule has 0 heterocycles. The lowest BCUT2D eigenvalue weighted by Gasteiger charge is -2.33. The summed E-state index contributed by atoms with van der Waals surface area (Å²) < 4.78 is 16.5. The number of hydrogen-bond donors (Lipinski definition) is 0. The summed E-state index contributed by atoms with van der Waals surface area (Å²) in [5, 5.41) is 0. The van der Waals surface area contributed by atoms with Crippen molar-refractivity contribution in [3.8, 4) is 0 Å². The van der Waals surface area contributed by atoms with Gasteiger partial charge in [-0.1, -0.05) is 52.0 Å². The first-order valence-corrected chi connectivity index (χ1v) is 11.9. The smallest absolute Gasteiger partial charge is 0.338 e. The van der Waals surface area contributed by atoms with E-state index < -0.39 is 0 Å². The number of hydrogen-bond acceptors (Lipinski definition) is 5. The zero-order chi connectivity index (χ0) is 24.5. The van der Waals surface area contributed by atoms with E-state index in [1.807, 2.05) is 48.5 Å². The highest BCUT2D eigenvalue weighted by atomic mass is 16.5. The molecule has 0 saturated carbocycles. The highest BCUT2D eigenvalue weighted by Gasteiger charge is 2.29. The van der Waals surface area contributed by atoms with E-state index in [1.54, 1.807) is 13.8 Å². The van der Waals surface area contributed by atoms with Gasteiger partial charge in [-0.3, -0.25) is 0 Å². The summed E-state index contributed by atoms with van der Waals surface area (Å²) >= 11 is 0. The van der Waals surface area contributed by atoms with E-state index in [-0.39, 0.29) is 22.8 Å². The average Bonchev–Trinajstić information content (AvgIpc) is 2.84. The first-order valence-electron chi connectivity index (χ1n) is 11.9. The van der Waals surface area contributed by atoms with Gasteiger partial charge in [0.2, 0.25) is 0 Å². The van der Waals surface area contributed by atoms with Crippen molar-refractivity contribution < 1.29 is 23.8 Å². The van der Waals surface area contributed by atoms with Gasteiger partial charge in [0.25, 0.3) is 0 Å². The fourth-order valence-electron chi connectivity index (χ4n) is 3.73. The van der Waals surface area contributed by atoms with Crippen molar-refractivity contribution in [1.29, 1.82) is 0 Å². The maximum Gasteiger partial charge on any atom is 0.338 e.